The molecule has 1 aliphatic rings. The maximum absolute atomic E-state index is 14.4. The molecule has 3 aromatic rings. The zero-order chi connectivity index (χ0) is 16.7. The van der Waals surface area contributed by atoms with Crippen molar-refractivity contribution in [2.75, 3.05) is 11.2 Å². The van der Waals surface area contributed by atoms with E-state index in [0.29, 0.717) is 6.54 Å². The maximum atomic E-state index is 14.4. The van der Waals surface area contributed by atoms with E-state index in [2.05, 4.69) is 58.5 Å². The highest BCUT2D eigenvalue weighted by atomic mass is 127. The number of benzene rings is 3. The van der Waals surface area contributed by atoms with E-state index in [1.807, 2.05) is 48.5 Å². The van der Waals surface area contributed by atoms with Crippen LogP contribution in [0.3, 0.4) is 0 Å². The highest BCUT2D eigenvalue weighted by Crippen LogP contribution is 2.57. The van der Waals surface area contributed by atoms with Gasteiger partial charge in [-0.25, -0.2) is 0 Å². The van der Waals surface area contributed by atoms with Crippen molar-refractivity contribution in [2.45, 2.75) is 6.92 Å². The average Bonchev–Trinajstić information content (AvgIpc) is 2.63. The number of hydrogen-bond acceptors (Lipinski definition) is 1. The summed E-state index contributed by atoms with van der Waals surface area (Å²) < 4.78 is 17.7. The Morgan fingerprint density at radius 1 is 0.917 bits per heavy atom. The van der Waals surface area contributed by atoms with Gasteiger partial charge in [0, 0.05) is 26.3 Å². The highest BCUT2D eigenvalue weighted by molar-refractivity contribution is 14.1. The molecule has 1 atom stereocenters. The van der Waals surface area contributed by atoms with Crippen molar-refractivity contribution in [3.8, 4) is 11.1 Å². The SMILES string of the molecule is CCN1c2ccc(I)cc2-c2ccccc2[P@@]1(=O)c1ccccc1. The Labute approximate surface area is 156 Å². The van der Waals surface area contributed by atoms with Gasteiger partial charge in [-0.2, -0.15) is 0 Å². The van der Waals surface area contributed by atoms with E-state index in [-0.39, 0.29) is 0 Å². The van der Waals surface area contributed by atoms with Gasteiger partial charge in [0.2, 0.25) is 7.29 Å². The molecule has 0 fully saturated rings. The molecule has 1 aliphatic heterocycles. The molecular weight excluding hydrogens is 428 g/mol. The van der Waals surface area contributed by atoms with Gasteiger partial charge in [-0.15, -0.1) is 0 Å². The van der Waals surface area contributed by atoms with Crippen LogP contribution in [-0.4, -0.2) is 6.54 Å². The number of nitrogens with zero attached hydrogens (tertiary/aromatic N) is 1. The summed E-state index contributed by atoms with van der Waals surface area (Å²) in [6.45, 7) is 2.78. The molecule has 2 nitrogen and oxygen atoms in total. The first kappa shape index (κ1) is 15.9. The Morgan fingerprint density at radius 3 is 2.38 bits per heavy atom. The molecule has 3 aromatic carbocycles. The van der Waals surface area contributed by atoms with Crippen LogP contribution < -0.4 is 15.3 Å². The van der Waals surface area contributed by atoms with E-state index in [1.54, 1.807) is 0 Å². The van der Waals surface area contributed by atoms with Crippen molar-refractivity contribution in [3.05, 3.63) is 76.4 Å². The number of halogens is 1. The topological polar surface area (TPSA) is 20.3 Å². The number of fused-ring (bicyclic) bond motifs is 3. The second-order valence-corrected chi connectivity index (χ2v) is 9.68. The second kappa shape index (κ2) is 6.05. The summed E-state index contributed by atoms with van der Waals surface area (Å²) in [5, 5.41) is 1.83. The van der Waals surface area contributed by atoms with Crippen LogP contribution in [0, 0.1) is 3.57 Å². The van der Waals surface area contributed by atoms with Gasteiger partial charge in [0.25, 0.3) is 0 Å². The molecule has 0 radical (unpaired) electrons. The first-order valence-electron chi connectivity index (χ1n) is 7.99. The standard InChI is InChI=1S/C20H17INOP/c1-2-22-19-13-12-15(21)14-18(19)17-10-6-7-11-20(17)24(22,23)16-8-4-3-5-9-16/h3-14H,2H2,1H3/t24-/m0/s1. The fourth-order valence-electron chi connectivity index (χ4n) is 3.47. The molecule has 0 N–H and O–H groups in total. The number of rotatable bonds is 2. The molecule has 0 spiro atoms. The molecule has 0 saturated heterocycles. The van der Waals surface area contributed by atoms with Gasteiger partial charge >= 0.3 is 0 Å². The van der Waals surface area contributed by atoms with Gasteiger partial charge in [0.15, 0.2) is 0 Å². The minimum absolute atomic E-state index is 0.702. The summed E-state index contributed by atoms with van der Waals surface area (Å²) in [5.41, 5.74) is 3.31. The number of anilines is 1. The van der Waals surface area contributed by atoms with Gasteiger partial charge in [-0.05, 0) is 71.5 Å². The summed E-state index contributed by atoms with van der Waals surface area (Å²) >= 11 is 2.34. The monoisotopic (exact) mass is 445 g/mol. The smallest absolute Gasteiger partial charge is 0.230 e. The van der Waals surface area contributed by atoms with Crippen molar-refractivity contribution in [2.24, 2.45) is 0 Å². The lowest BCUT2D eigenvalue weighted by molar-refractivity contribution is 0.584. The molecule has 120 valence electrons. The molecule has 0 aliphatic carbocycles. The molecule has 0 unspecified atom stereocenters. The van der Waals surface area contributed by atoms with E-state index in [9.17, 15) is 4.57 Å². The second-order valence-electron chi connectivity index (χ2n) is 5.81. The number of hydrogen-bond donors (Lipinski definition) is 0. The molecule has 4 rings (SSSR count). The lowest BCUT2D eigenvalue weighted by Crippen LogP contribution is -2.36. The van der Waals surface area contributed by atoms with Crippen LogP contribution in [0.25, 0.3) is 11.1 Å². The van der Waals surface area contributed by atoms with Gasteiger partial charge in [0.1, 0.15) is 0 Å². The van der Waals surface area contributed by atoms with Crippen LogP contribution in [0.1, 0.15) is 6.92 Å². The third-order valence-electron chi connectivity index (χ3n) is 4.50. The van der Waals surface area contributed by atoms with E-state index >= 15 is 0 Å². The minimum Gasteiger partial charge on any atom is -0.315 e. The van der Waals surface area contributed by atoms with Crippen molar-refractivity contribution < 1.29 is 4.57 Å². The third-order valence-corrected chi connectivity index (χ3v) is 8.39. The lowest BCUT2D eigenvalue weighted by atomic mass is 10.0. The molecule has 4 heteroatoms. The van der Waals surface area contributed by atoms with Crippen molar-refractivity contribution in [3.63, 3.8) is 0 Å². The van der Waals surface area contributed by atoms with Crippen molar-refractivity contribution in [1.29, 1.82) is 0 Å². The molecule has 0 aromatic heterocycles. The van der Waals surface area contributed by atoms with Crippen LogP contribution in [0.5, 0.6) is 0 Å². The molecule has 1 heterocycles. The normalized spacial score (nSPS) is 18.8. The fraction of sp³-hybridized carbons (Fsp3) is 0.100. The Bertz CT molecular complexity index is 955. The van der Waals surface area contributed by atoms with E-state index < -0.39 is 7.29 Å². The minimum atomic E-state index is -2.88. The first-order valence-corrected chi connectivity index (χ1v) is 10.7. The van der Waals surface area contributed by atoms with Crippen LogP contribution in [0.4, 0.5) is 5.69 Å². The van der Waals surface area contributed by atoms with Gasteiger partial charge in [-0.1, -0.05) is 36.4 Å². The van der Waals surface area contributed by atoms with Gasteiger partial charge < -0.3 is 4.67 Å². The predicted molar refractivity (Wildman–Crippen MR) is 111 cm³/mol. The van der Waals surface area contributed by atoms with Crippen molar-refractivity contribution >= 4 is 46.2 Å². The van der Waals surface area contributed by atoms with Gasteiger partial charge in [-0.3, -0.25) is 4.57 Å². The van der Waals surface area contributed by atoms with Crippen LogP contribution in [-0.2, 0) is 4.57 Å². The summed E-state index contributed by atoms with van der Waals surface area (Å²) in [6, 6.07) is 24.4. The fourth-order valence-corrected chi connectivity index (χ4v) is 7.04. The highest BCUT2D eigenvalue weighted by Gasteiger charge is 2.40. The Hall–Kier alpha value is -1.58. The predicted octanol–water partition coefficient (Wildman–Crippen LogP) is 5.03. The quantitative estimate of drug-likeness (QED) is 0.408. The summed E-state index contributed by atoms with van der Waals surface area (Å²) in [5.74, 6) is 0. The maximum Gasteiger partial charge on any atom is 0.230 e. The lowest BCUT2D eigenvalue weighted by Gasteiger charge is -2.39. The zero-order valence-corrected chi connectivity index (χ0v) is 16.4. The van der Waals surface area contributed by atoms with E-state index in [0.717, 1.165) is 21.9 Å². The molecule has 0 amide bonds. The van der Waals surface area contributed by atoms with Crippen LogP contribution in [0.15, 0.2) is 72.8 Å². The van der Waals surface area contributed by atoms with E-state index in [1.165, 1.54) is 9.13 Å². The molecule has 24 heavy (non-hydrogen) atoms. The summed E-state index contributed by atoms with van der Waals surface area (Å²) in [4.78, 5) is 0. The Morgan fingerprint density at radius 2 is 1.62 bits per heavy atom. The van der Waals surface area contributed by atoms with Crippen LogP contribution >= 0.6 is 29.9 Å². The average molecular weight is 445 g/mol. The summed E-state index contributed by atoms with van der Waals surface area (Å²) in [7, 11) is -2.88. The first-order chi connectivity index (χ1) is 11.7. The Kier molecular flexibility index (Phi) is 4.01. The summed E-state index contributed by atoms with van der Waals surface area (Å²) in [6.07, 6.45) is 0. The molecule has 0 saturated carbocycles. The Balaban J connectivity index is 2.09. The molecular formula is C20H17INOP. The van der Waals surface area contributed by atoms with Crippen LogP contribution in [0.2, 0.25) is 0 Å². The van der Waals surface area contributed by atoms with Gasteiger partial charge in [0.05, 0.1) is 5.69 Å². The van der Waals surface area contributed by atoms with E-state index in [4.69, 9.17) is 0 Å². The third kappa shape index (κ3) is 2.26. The largest absolute Gasteiger partial charge is 0.315 e. The van der Waals surface area contributed by atoms with Crippen molar-refractivity contribution in [1.82, 2.24) is 0 Å². The zero-order valence-electron chi connectivity index (χ0n) is 13.3. The molecule has 0 bridgehead atoms.